The van der Waals surface area contributed by atoms with Crippen molar-refractivity contribution in [3.63, 3.8) is 0 Å². The summed E-state index contributed by atoms with van der Waals surface area (Å²) in [6.07, 6.45) is 5.58. The van der Waals surface area contributed by atoms with Gasteiger partial charge in [-0.1, -0.05) is 11.8 Å². The van der Waals surface area contributed by atoms with Gasteiger partial charge in [0.15, 0.2) is 5.16 Å². The number of nitrogens with one attached hydrogen (secondary N) is 1. The third-order valence-electron chi connectivity index (χ3n) is 3.43. The molecule has 0 unspecified atom stereocenters. The van der Waals surface area contributed by atoms with Gasteiger partial charge in [-0.25, -0.2) is 9.97 Å². The van der Waals surface area contributed by atoms with Crippen molar-refractivity contribution in [2.24, 2.45) is 0 Å². The van der Waals surface area contributed by atoms with Gasteiger partial charge in [-0.05, 0) is 25.5 Å². The van der Waals surface area contributed by atoms with Crippen LogP contribution in [-0.2, 0) is 6.54 Å². The van der Waals surface area contributed by atoms with E-state index >= 15 is 0 Å². The van der Waals surface area contributed by atoms with E-state index in [1.807, 2.05) is 6.26 Å². The van der Waals surface area contributed by atoms with E-state index in [9.17, 15) is 4.79 Å². The normalized spacial score (nSPS) is 18.7. The topological polar surface area (TPSA) is 58.1 Å². The Morgan fingerprint density at radius 2 is 2.00 bits per heavy atom. The lowest BCUT2D eigenvalue weighted by Crippen LogP contribution is -2.32. The molecule has 6 heteroatoms. The Labute approximate surface area is 110 Å². The molecule has 0 aliphatic carbocycles. The summed E-state index contributed by atoms with van der Waals surface area (Å²) in [7, 11) is 0. The molecule has 1 amide bonds. The largest absolute Gasteiger partial charge is 0.356 e. The zero-order chi connectivity index (χ0) is 12.5. The lowest BCUT2D eigenvalue weighted by atomic mass is 10.1. The molecule has 96 valence electrons. The second kappa shape index (κ2) is 4.76. The van der Waals surface area contributed by atoms with E-state index in [1.54, 1.807) is 0 Å². The van der Waals surface area contributed by atoms with Crippen LogP contribution in [0.25, 0.3) is 0 Å². The summed E-state index contributed by atoms with van der Waals surface area (Å²) < 4.78 is 0. The summed E-state index contributed by atoms with van der Waals surface area (Å²) in [5, 5.41) is 3.59. The SMILES string of the molecule is CSc1nc2c(c(N3CCCCC3)n1)C(=O)NC2. The van der Waals surface area contributed by atoms with Crippen LogP contribution < -0.4 is 10.2 Å². The highest BCUT2D eigenvalue weighted by atomic mass is 32.2. The molecule has 0 saturated carbocycles. The van der Waals surface area contributed by atoms with E-state index in [0.717, 1.165) is 29.8 Å². The number of piperidine rings is 1. The van der Waals surface area contributed by atoms with Gasteiger partial charge in [0.1, 0.15) is 11.4 Å². The second-order valence-electron chi connectivity index (χ2n) is 4.59. The molecule has 5 nitrogen and oxygen atoms in total. The number of nitrogens with zero attached hydrogens (tertiary/aromatic N) is 3. The van der Waals surface area contributed by atoms with E-state index in [-0.39, 0.29) is 5.91 Å². The number of carbonyl (C=O) groups is 1. The van der Waals surface area contributed by atoms with Crippen molar-refractivity contribution in [2.75, 3.05) is 24.2 Å². The lowest BCUT2D eigenvalue weighted by Gasteiger charge is -2.28. The van der Waals surface area contributed by atoms with Gasteiger partial charge >= 0.3 is 0 Å². The number of thioether (sulfide) groups is 1. The first-order valence-corrected chi connectivity index (χ1v) is 7.50. The summed E-state index contributed by atoms with van der Waals surface area (Å²) in [6.45, 7) is 2.51. The van der Waals surface area contributed by atoms with E-state index in [1.165, 1.54) is 31.0 Å². The van der Waals surface area contributed by atoms with Crippen LogP contribution in [0.1, 0.15) is 35.3 Å². The van der Waals surface area contributed by atoms with Gasteiger partial charge in [-0.3, -0.25) is 4.79 Å². The third kappa shape index (κ3) is 1.94. The van der Waals surface area contributed by atoms with Crippen LogP contribution in [0.2, 0.25) is 0 Å². The molecule has 0 bridgehead atoms. The molecule has 0 spiro atoms. The van der Waals surface area contributed by atoms with Crippen molar-refractivity contribution in [3.05, 3.63) is 11.3 Å². The highest BCUT2D eigenvalue weighted by Gasteiger charge is 2.29. The van der Waals surface area contributed by atoms with Gasteiger partial charge in [0, 0.05) is 13.1 Å². The van der Waals surface area contributed by atoms with Crippen LogP contribution in [0.15, 0.2) is 5.16 Å². The van der Waals surface area contributed by atoms with Crippen molar-refractivity contribution in [1.29, 1.82) is 0 Å². The van der Waals surface area contributed by atoms with Gasteiger partial charge in [0.2, 0.25) is 0 Å². The number of anilines is 1. The molecular formula is C12H16N4OS. The molecule has 0 aromatic carbocycles. The summed E-state index contributed by atoms with van der Waals surface area (Å²) >= 11 is 1.53. The van der Waals surface area contributed by atoms with Crippen LogP contribution in [0.4, 0.5) is 5.82 Å². The number of aromatic nitrogens is 2. The Hall–Kier alpha value is -1.30. The van der Waals surface area contributed by atoms with Crippen LogP contribution in [0, 0.1) is 0 Å². The van der Waals surface area contributed by atoms with Gasteiger partial charge in [-0.15, -0.1) is 0 Å². The highest BCUT2D eigenvalue weighted by Crippen LogP contribution is 2.28. The van der Waals surface area contributed by atoms with E-state index in [4.69, 9.17) is 0 Å². The van der Waals surface area contributed by atoms with E-state index in [2.05, 4.69) is 20.2 Å². The molecule has 2 aliphatic heterocycles. The lowest BCUT2D eigenvalue weighted by molar-refractivity contribution is 0.0966. The maximum absolute atomic E-state index is 11.9. The summed E-state index contributed by atoms with van der Waals surface area (Å²) in [6, 6.07) is 0. The van der Waals surface area contributed by atoms with Crippen molar-refractivity contribution in [2.45, 2.75) is 31.0 Å². The Kier molecular flexibility index (Phi) is 3.11. The molecule has 1 N–H and O–H groups in total. The summed E-state index contributed by atoms with van der Waals surface area (Å²) in [5.74, 6) is 0.803. The van der Waals surface area contributed by atoms with Crippen LogP contribution in [0.5, 0.6) is 0 Å². The minimum atomic E-state index is -0.0294. The van der Waals surface area contributed by atoms with Gasteiger partial charge in [0.05, 0.1) is 12.2 Å². The molecule has 0 atom stereocenters. The highest BCUT2D eigenvalue weighted by molar-refractivity contribution is 7.98. The monoisotopic (exact) mass is 264 g/mol. The van der Waals surface area contributed by atoms with Crippen LogP contribution >= 0.6 is 11.8 Å². The number of amides is 1. The molecule has 1 aromatic rings. The molecular weight excluding hydrogens is 248 g/mol. The molecule has 0 radical (unpaired) electrons. The molecule has 1 aromatic heterocycles. The number of carbonyl (C=O) groups excluding carboxylic acids is 1. The van der Waals surface area contributed by atoms with Crippen LogP contribution in [-0.4, -0.2) is 35.2 Å². The smallest absolute Gasteiger partial charge is 0.257 e. The maximum Gasteiger partial charge on any atom is 0.257 e. The zero-order valence-electron chi connectivity index (χ0n) is 10.4. The molecule has 18 heavy (non-hydrogen) atoms. The van der Waals surface area contributed by atoms with E-state index < -0.39 is 0 Å². The van der Waals surface area contributed by atoms with Crippen molar-refractivity contribution >= 4 is 23.5 Å². The Bertz CT molecular complexity index is 485. The quantitative estimate of drug-likeness (QED) is 0.647. The average Bonchev–Trinajstić information content (AvgIpc) is 2.80. The zero-order valence-corrected chi connectivity index (χ0v) is 11.2. The molecule has 1 fully saturated rings. The first-order valence-electron chi connectivity index (χ1n) is 6.27. The molecule has 2 aliphatic rings. The van der Waals surface area contributed by atoms with Crippen molar-refractivity contribution < 1.29 is 4.79 Å². The Morgan fingerprint density at radius 1 is 1.22 bits per heavy atom. The Morgan fingerprint density at radius 3 is 2.72 bits per heavy atom. The second-order valence-corrected chi connectivity index (χ2v) is 5.36. The van der Waals surface area contributed by atoms with Crippen molar-refractivity contribution in [3.8, 4) is 0 Å². The fraction of sp³-hybridized carbons (Fsp3) is 0.583. The van der Waals surface area contributed by atoms with Gasteiger partial charge in [-0.2, -0.15) is 0 Å². The number of fused-ring (bicyclic) bond motifs is 1. The average molecular weight is 264 g/mol. The number of rotatable bonds is 2. The molecule has 3 rings (SSSR count). The predicted octanol–water partition coefficient (Wildman–Crippen LogP) is 1.43. The first kappa shape index (κ1) is 11.8. The van der Waals surface area contributed by atoms with Gasteiger partial charge in [0.25, 0.3) is 5.91 Å². The first-order chi connectivity index (χ1) is 8.79. The maximum atomic E-state index is 11.9. The molecule has 1 saturated heterocycles. The fourth-order valence-corrected chi connectivity index (χ4v) is 2.89. The molecule has 3 heterocycles. The number of hydrogen-bond acceptors (Lipinski definition) is 5. The minimum absolute atomic E-state index is 0.0294. The van der Waals surface area contributed by atoms with Gasteiger partial charge < -0.3 is 10.2 Å². The minimum Gasteiger partial charge on any atom is -0.356 e. The Balaban J connectivity index is 2.05. The van der Waals surface area contributed by atoms with E-state index in [0.29, 0.717) is 12.1 Å². The standard InChI is InChI=1S/C12H16N4OS/c1-18-12-14-8-7-13-11(17)9(8)10(15-12)16-5-3-2-4-6-16/h2-7H2,1H3,(H,13,17). The third-order valence-corrected chi connectivity index (χ3v) is 3.97. The predicted molar refractivity (Wildman–Crippen MR) is 71.0 cm³/mol. The van der Waals surface area contributed by atoms with Crippen LogP contribution in [0.3, 0.4) is 0 Å². The van der Waals surface area contributed by atoms with Crippen molar-refractivity contribution in [1.82, 2.24) is 15.3 Å². The summed E-state index contributed by atoms with van der Waals surface area (Å²) in [4.78, 5) is 23.1. The summed E-state index contributed by atoms with van der Waals surface area (Å²) in [5.41, 5.74) is 1.54. The number of hydrogen-bond donors (Lipinski definition) is 1. The fourth-order valence-electron chi connectivity index (χ4n) is 2.51.